The van der Waals surface area contributed by atoms with Gasteiger partial charge >= 0.3 is 0 Å². The van der Waals surface area contributed by atoms with Crippen LogP contribution in [0.25, 0.3) is 0 Å². The van der Waals surface area contributed by atoms with E-state index < -0.39 is 0 Å². The van der Waals surface area contributed by atoms with Crippen molar-refractivity contribution in [3.63, 3.8) is 0 Å². The molecule has 17 heavy (non-hydrogen) atoms. The van der Waals surface area contributed by atoms with E-state index in [4.69, 9.17) is 4.74 Å². The Morgan fingerprint density at radius 2 is 1.94 bits per heavy atom. The minimum absolute atomic E-state index is 0.131. The predicted molar refractivity (Wildman–Crippen MR) is 70.9 cm³/mol. The molecular weight excluding hydrogens is 208 g/mol. The Hall–Kier alpha value is -0.300. The lowest BCUT2D eigenvalue weighted by Gasteiger charge is -2.55. The molecule has 1 heterocycles. The number of rotatable bonds is 0. The molecule has 1 aliphatic heterocycles. The highest BCUT2D eigenvalue weighted by molar-refractivity contribution is 5.30. The second-order valence-corrected chi connectivity index (χ2v) is 7.48. The molecule has 3 atom stereocenters. The van der Waals surface area contributed by atoms with Crippen molar-refractivity contribution in [2.24, 2.45) is 16.7 Å². The van der Waals surface area contributed by atoms with Gasteiger partial charge in [0.25, 0.3) is 0 Å². The van der Waals surface area contributed by atoms with Crippen molar-refractivity contribution in [2.45, 2.75) is 65.4 Å². The molecule has 3 rings (SSSR count). The average Bonchev–Trinajstić information content (AvgIpc) is 2.60. The summed E-state index contributed by atoms with van der Waals surface area (Å²) in [6.07, 6.45) is 9.03. The van der Waals surface area contributed by atoms with Gasteiger partial charge in [0.2, 0.25) is 0 Å². The molecule has 1 saturated carbocycles. The highest BCUT2D eigenvalue weighted by atomic mass is 16.5. The monoisotopic (exact) mass is 234 g/mol. The van der Waals surface area contributed by atoms with Crippen LogP contribution in [0.1, 0.15) is 59.8 Å². The van der Waals surface area contributed by atoms with Crippen molar-refractivity contribution in [2.75, 3.05) is 6.61 Å². The summed E-state index contributed by atoms with van der Waals surface area (Å²) in [5.41, 5.74) is 2.69. The predicted octanol–water partition coefficient (Wildman–Crippen LogP) is 4.33. The van der Waals surface area contributed by atoms with Gasteiger partial charge in [-0.3, -0.25) is 0 Å². The van der Waals surface area contributed by atoms with Gasteiger partial charge in [-0.2, -0.15) is 0 Å². The zero-order valence-corrected chi connectivity index (χ0v) is 11.8. The van der Waals surface area contributed by atoms with E-state index in [1.807, 2.05) is 0 Å². The van der Waals surface area contributed by atoms with Crippen molar-refractivity contribution in [1.82, 2.24) is 0 Å². The SMILES string of the molecule is CC1(C)CCCC2(C)C1=CC[C@@]1(C)OCCC21. The van der Waals surface area contributed by atoms with E-state index in [1.165, 1.54) is 25.7 Å². The van der Waals surface area contributed by atoms with Gasteiger partial charge in [-0.05, 0) is 49.4 Å². The first-order valence-corrected chi connectivity index (χ1v) is 7.24. The molecule has 0 spiro atoms. The van der Waals surface area contributed by atoms with Crippen LogP contribution in [0.5, 0.6) is 0 Å². The second-order valence-electron chi connectivity index (χ2n) is 7.48. The molecule has 0 bridgehead atoms. The number of hydrogen-bond acceptors (Lipinski definition) is 1. The summed E-state index contributed by atoms with van der Waals surface area (Å²) in [6.45, 7) is 10.7. The van der Waals surface area contributed by atoms with Crippen LogP contribution in [0, 0.1) is 16.7 Å². The Labute approximate surface area is 106 Å². The number of fused-ring (bicyclic) bond motifs is 3. The van der Waals surface area contributed by atoms with Gasteiger partial charge in [0.05, 0.1) is 5.60 Å². The normalized spacial score (nSPS) is 48.2. The zero-order chi connectivity index (χ0) is 12.3. The number of allylic oxidation sites excluding steroid dienone is 1. The smallest absolute Gasteiger partial charge is 0.0726 e. The van der Waals surface area contributed by atoms with E-state index >= 15 is 0 Å². The highest BCUT2D eigenvalue weighted by Gasteiger charge is 2.56. The number of ether oxygens (including phenoxy) is 1. The van der Waals surface area contributed by atoms with E-state index in [9.17, 15) is 0 Å². The molecular formula is C16H26O. The Kier molecular flexibility index (Phi) is 2.34. The standard InChI is InChI=1S/C16H26O/c1-14(2)8-5-9-15(3)12(14)6-10-16(4)13(15)7-11-17-16/h6,13H,5,7-11H2,1-4H3/t13?,15?,16-/m1/s1. The molecule has 1 heteroatoms. The Morgan fingerprint density at radius 3 is 2.71 bits per heavy atom. The van der Waals surface area contributed by atoms with E-state index in [-0.39, 0.29) is 5.60 Å². The first-order valence-electron chi connectivity index (χ1n) is 7.24. The molecule has 2 aliphatic carbocycles. The Balaban J connectivity index is 2.07. The van der Waals surface area contributed by atoms with E-state index in [2.05, 4.69) is 33.8 Å². The molecule has 1 nitrogen and oxygen atoms in total. The Bertz CT molecular complexity index is 368. The van der Waals surface area contributed by atoms with Crippen molar-refractivity contribution < 1.29 is 4.74 Å². The summed E-state index contributed by atoms with van der Waals surface area (Å²) < 4.78 is 6.08. The molecule has 96 valence electrons. The highest BCUT2D eigenvalue weighted by Crippen LogP contribution is 2.62. The van der Waals surface area contributed by atoms with Crippen molar-refractivity contribution in [3.05, 3.63) is 11.6 Å². The van der Waals surface area contributed by atoms with Crippen molar-refractivity contribution >= 4 is 0 Å². The summed E-state index contributed by atoms with van der Waals surface area (Å²) in [4.78, 5) is 0. The van der Waals surface area contributed by atoms with Crippen LogP contribution in [0.2, 0.25) is 0 Å². The summed E-state index contributed by atoms with van der Waals surface area (Å²) in [5, 5.41) is 0. The quantitative estimate of drug-likeness (QED) is 0.567. The summed E-state index contributed by atoms with van der Waals surface area (Å²) in [6, 6.07) is 0. The maximum Gasteiger partial charge on any atom is 0.0726 e. The van der Waals surface area contributed by atoms with Crippen LogP contribution < -0.4 is 0 Å². The molecule has 2 fully saturated rings. The molecule has 1 saturated heterocycles. The first kappa shape index (κ1) is 11.8. The molecule has 0 amide bonds. The zero-order valence-electron chi connectivity index (χ0n) is 11.8. The third kappa shape index (κ3) is 1.47. The van der Waals surface area contributed by atoms with Gasteiger partial charge in [0.1, 0.15) is 0 Å². The third-order valence-corrected chi connectivity index (χ3v) is 5.90. The van der Waals surface area contributed by atoms with Crippen molar-refractivity contribution in [3.8, 4) is 0 Å². The van der Waals surface area contributed by atoms with Crippen LogP contribution in [-0.4, -0.2) is 12.2 Å². The van der Waals surface area contributed by atoms with Crippen molar-refractivity contribution in [1.29, 1.82) is 0 Å². The molecule has 2 unspecified atom stereocenters. The largest absolute Gasteiger partial charge is 0.375 e. The van der Waals surface area contributed by atoms with Crippen LogP contribution in [0.15, 0.2) is 11.6 Å². The van der Waals surface area contributed by atoms with Gasteiger partial charge in [0.15, 0.2) is 0 Å². The van der Waals surface area contributed by atoms with Crippen LogP contribution in [0.3, 0.4) is 0 Å². The van der Waals surface area contributed by atoms with Gasteiger partial charge in [-0.1, -0.05) is 38.8 Å². The maximum absolute atomic E-state index is 6.08. The summed E-state index contributed by atoms with van der Waals surface area (Å²) in [5.74, 6) is 0.745. The molecule has 3 aliphatic rings. The fraction of sp³-hybridized carbons (Fsp3) is 0.875. The first-order chi connectivity index (χ1) is 7.89. The molecule has 0 aromatic rings. The minimum atomic E-state index is 0.131. The number of hydrogen-bond donors (Lipinski definition) is 0. The summed E-state index contributed by atoms with van der Waals surface area (Å²) in [7, 11) is 0. The molecule has 0 N–H and O–H groups in total. The molecule has 0 aromatic carbocycles. The van der Waals surface area contributed by atoms with Gasteiger partial charge in [-0.25, -0.2) is 0 Å². The Morgan fingerprint density at radius 1 is 1.18 bits per heavy atom. The average molecular weight is 234 g/mol. The minimum Gasteiger partial charge on any atom is -0.375 e. The van der Waals surface area contributed by atoms with E-state index in [0.717, 1.165) is 18.9 Å². The van der Waals surface area contributed by atoms with Crippen LogP contribution in [-0.2, 0) is 4.74 Å². The fourth-order valence-electron chi connectivity index (χ4n) is 5.13. The topological polar surface area (TPSA) is 9.23 Å². The van der Waals surface area contributed by atoms with E-state index in [0.29, 0.717) is 10.8 Å². The fourth-order valence-corrected chi connectivity index (χ4v) is 5.13. The second kappa shape index (κ2) is 3.38. The molecule has 0 aromatic heterocycles. The van der Waals surface area contributed by atoms with Crippen LogP contribution >= 0.6 is 0 Å². The lowest BCUT2D eigenvalue weighted by Crippen LogP contribution is -2.50. The third-order valence-electron chi connectivity index (χ3n) is 5.90. The lowest BCUT2D eigenvalue weighted by molar-refractivity contribution is -0.0523. The molecule has 0 radical (unpaired) electrons. The van der Waals surface area contributed by atoms with Crippen LogP contribution in [0.4, 0.5) is 0 Å². The van der Waals surface area contributed by atoms with Gasteiger partial charge in [0, 0.05) is 6.61 Å². The van der Waals surface area contributed by atoms with Gasteiger partial charge < -0.3 is 4.74 Å². The van der Waals surface area contributed by atoms with E-state index in [1.54, 1.807) is 5.57 Å². The van der Waals surface area contributed by atoms with Gasteiger partial charge in [-0.15, -0.1) is 0 Å². The maximum atomic E-state index is 6.08. The summed E-state index contributed by atoms with van der Waals surface area (Å²) >= 11 is 0. The lowest BCUT2D eigenvalue weighted by atomic mass is 9.50.